The number of carbonyl (C=O) groups is 1. The van der Waals surface area contributed by atoms with Crippen molar-refractivity contribution in [3.63, 3.8) is 0 Å². The smallest absolute Gasteiger partial charge is 0.255 e. The van der Waals surface area contributed by atoms with Crippen LogP contribution < -0.4 is 10.1 Å². The number of aromatic nitrogens is 2. The Balaban J connectivity index is 1.44. The van der Waals surface area contributed by atoms with E-state index in [0.717, 1.165) is 0 Å². The van der Waals surface area contributed by atoms with Crippen LogP contribution >= 0.6 is 0 Å². The zero-order valence-corrected chi connectivity index (χ0v) is 13.3. The first kappa shape index (κ1) is 15.2. The molecule has 3 atom stereocenters. The van der Waals surface area contributed by atoms with E-state index in [1.165, 1.54) is 12.8 Å². The Morgan fingerprint density at radius 2 is 2.17 bits per heavy atom. The number of para-hydroxylation sites is 1. The molecule has 0 spiro atoms. The van der Waals surface area contributed by atoms with Gasteiger partial charge in [0.05, 0.1) is 30.4 Å². The third-order valence-corrected chi connectivity index (χ3v) is 4.75. The van der Waals surface area contributed by atoms with Gasteiger partial charge in [-0.1, -0.05) is 12.1 Å². The average molecular weight is 327 g/mol. The van der Waals surface area contributed by atoms with Gasteiger partial charge in [0.1, 0.15) is 5.75 Å². The Morgan fingerprint density at radius 1 is 1.33 bits per heavy atom. The van der Waals surface area contributed by atoms with Crippen LogP contribution in [0.5, 0.6) is 5.75 Å². The second-order valence-electron chi connectivity index (χ2n) is 6.61. The van der Waals surface area contributed by atoms with E-state index >= 15 is 0 Å². The van der Waals surface area contributed by atoms with Crippen molar-refractivity contribution < 1.29 is 14.6 Å². The summed E-state index contributed by atoms with van der Waals surface area (Å²) in [6, 6.07) is 8.77. The maximum atomic E-state index is 12.6. The maximum Gasteiger partial charge on any atom is 0.255 e. The molecule has 2 aliphatic carbocycles. The topological polar surface area (TPSA) is 76.4 Å². The van der Waals surface area contributed by atoms with Gasteiger partial charge in [-0.3, -0.25) is 9.48 Å². The van der Waals surface area contributed by atoms with Crippen molar-refractivity contribution in [1.82, 2.24) is 15.1 Å². The zero-order valence-electron chi connectivity index (χ0n) is 13.3. The minimum absolute atomic E-state index is 0.135. The third-order valence-electron chi connectivity index (χ3n) is 4.75. The summed E-state index contributed by atoms with van der Waals surface area (Å²) in [4.78, 5) is 12.6. The van der Waals surface area contributed by atoms with Crippen LogP contribution in [0.25, 0.3) is 0 Å². The van der Waals surface area contributed by atoms with Crippen molar-refractivity contribution in [1.29, 1.82) is 0 Å². The molecule has 4 rings (SSSR count). The molecular formula is C18H21N3O3. The van der Waals surface area contributed by atoms with Gasteiger partial charge in [0.25, 0.3) is 5.91 Å². The summed E-state index contributed by atoms with van der Waals surface area (Å²) in [5, 5.41) is 17.2. The lowest BCUT2D eigenvalue weighted by Crippen LogP contribution is -2.56. The molecule has 2 saturated carbocycles. The lowest BCUT2D eigenvalue weighted by Gasteiger charge is -2.41. The molecule has 0 saturated heterocycles. The van der Waals surface area contributed by atoms with E-state index in [9.17, 15) is 9.90 Å². The van der Waals surface area contributed by atoms with Crippen molar-refractivity contribution in [3.8, 4) is 5.75 Å². The number of ether oxygens (including phenoxy) is 1. The first-order valence-corrected chi connectivity index (χ1v) is 8.42. The number of nitrogens with zero attached hydrogens (tertiary/aromatic N) is 2. The number of hydrogen-bond donors (Lipinski definition) is 2. The van der Waals surface area contributed by atoms with Crippen LogP contribution in [0.2, 0.25) is 0 Å². The van der Waals surface area contributed by atoms with E-state index < -0.39 is 6.10 Å². The molecule has 2 fully saturated rings. The Labute approximate surface area is 140 Å². The molecule has 1 heterocycles. The lowest BCUT2D eigenvalue weighted by atomic mass is 9.83. The lowest BCUT2D eigenvalue weighted by molar-refractivity contribution is -0.00591. The van der Waals surface area contributed by atoms with Gasteiger partial charge in [-0.15, -0.1) is 0 Å². The van der Waals surface area contributed by atoms with Crippen molar-refractivity contribution >= 4 is 5.91 Å². The fraction of sp³-hybridized carbons (Fsp3) is 0.444. The van der Waals surface area contributed by atoms with Crippen LogP contribution in [-0.2, 0) is 0 Å². The van der Waals surface area contributed by atoms with Crippen molar-refractivity contribution in [2.75, 3.05) is 6.61 Å². The minimum Gasteiger partial charge on any atom is -0.492 e. The van der Waals surface area contributed by atoms with Gasteiger partial charge in [0.2, 0.25) is 0 Å². The number of carbonyl (C=O) groups excluding carboxylic acids is 1. The van der Waals surface area contributed by atoms with Crippen LogP contribution in [0.3, 0.4) is 0 Å². The number of benzene rings is 1. The summed E-state index contributed by atoms with van der Waals surface area (Å²) in [5.74, 6) is 1.08. The summed E-state index contributed by atoms with van der Waals surface area (Å²) in [5.41, 5.74) is 0.541. The summed E-state index contributed by atoms with van der Waals surface area (Å²) >= 11 is 0. The van der Waals surface area contributed by atoms with Gasteiger partial charge < -0.3 is 15.2 Å². The number of aliphatic hydroxyl groups excluding tert-OH is 1. The summed E-state index contributed by atoms with van der Waals surface area (Å²) < 4.78 is 7.51. The standard InChI is InChI=1S/C18H21N3O3/c22-15-10-14(17(15)21-9-3-8-19-21)20-18(23)13-4-1-2-5-16(13)24-11-12-6-7-12/h1-5,8-9,12,14-15,17,22H,6-7,10-11H2,(H,20,23)/t14-,15+,17+/m0/s1. The highest BCUT2D eigenvalue weighted by Gasteiger charge is 2.42. The van der Waals surface area contributed by atoms with Gasteiger partial charge in [-0.2, -0.15) is 5.10 Å². The highest BCUT2D eigenvalue weighted by Crippen LogP contribution is 2.33. The van der Waals surface area contributed by atoms with E-state index in [-0.39, 0.29) is 18.0 Å². The molecule has 0 radical (unpaired) electrons. The molecule has 0 unspecified atom stereocenters. The monoisotopic (exact) mass is 327 g/mol. The average Bonchev–Trinajstić information content (AvgIpc) is 3.27. The van der Waals surface area contributed by atoms with Crippen molar-refractivity contribution in [2.45, 2.75) is 37.5 Å². The molecule has 2 aromatic rings. The Bertz CT molecular complexity index is 712. The Kier molecular flexibility index (Phi) is 3.98. The van der Waals surface area contributed by atoms with Crippen molar-refractivity contribution in [3.05, 3.63) is 48.3 Å². The van der Waals surface area contributed by atoms with E-state index in [2.05, 4.69) is 10.4 Å². The van der Waals surface area contributed by atoms with E-state index in [1.54, 1.807) is 23.1 Å². The highest BCUT2D eigenvalue weighted by molar-refractivity contribution is 5.97. The van der Waals surface area contributed by atoms with Gasteiger partial charge >= 0.3 is 0 Å². The van der Waals surface area contributed by atoms with Crippen LogP contribution in [0.15, 0.2) is 42.7 Å². The third kappa shape index (κ3) is 3.01. The fourth-order valence-electron chi connectivity index (χ4n) is 3.09. The Hall–Kier alpha value is -2.34. The molecule has 126 valence electrons. The van der Waals surface area contributed by atoms with Crippen LogP contribution in [-0.4, -0.2) is 39.5 Å². The largest absolute Gasteiger partial charge is 0.492 e. The first-order valence-electron chi connectivity index (χ1n) is 8.42. The Morgan fingerprint density at radius 3 is 2.88 bits per heavy atom. The number of rotatable bonds is 6. The molecule has 6 heteroatoms. The second-order valence-corrected chi connectivity index (χ2v) is 6.61. The predicted molar refractivity (Wildman–Crippen MR) is 87.8 cm³/mol. The fourth-order valence-corrected chi connectivity index (χ4v) is 3.09. The van der Waals surface area contributed by atoms with Crippen LogP contribution in [0, 0.1) is 5.92 Å². The van der Waals surface area contributed by atoms with Crippen molar-refractivity contribution in [2.24, 2.45) is 5.92 Å². The van der Waals surface area contributed by atoms with E-state index in [0.29, 0.717) is 30.3 Å². The number of amides is 1. The summed E-state index contributed by atoms with van der Waals surface area (Å²) in [7, 11) is 0. The molecule has 0 aliphatic heterocycles. The molecule has 6 nitrogen and oxygen atoms in total. The zero-order chi connectivity index (χ0) is 16.5. The second kappa shape index (κ2) is 6.28. The SMILES string of the molecule is O=C(N[C@H]1C[C@@H](O)[C@@H]1n1cccn1)c1ccccc1OCC1CC1. The summed E-state index contributed by atoms with van der Waals surface area (Å²) in [6.07, 6.45) is 5.93. The predicted octanol–water partition coefficient (Wildman–Crippen LogP) is 1.78. The van der Waals surface area contributed by atoms with Gasteiger partial charge in [0, 0.05) is 12.4 Å². The normalized spacial score (nSPS) is 25.8. The minimum atomic E-state index is -0.489. The van der Waals surface area contributed by atoms with Crippen LogP contribution in [0.1, 0.15) is 35.7 Å². The van der Waals surface area contributed by atoms with Gasteiger partial charge in [-0.05, 0) is 43.4 Å². The maximum absolute atomic E-state index is 12.6. The number of nitrogens with one attached hydrogen (secondary N) is 1. The van der Waals surface area contributed by atoms with Gasteiger partial charge in [-0.25, -0.2) is 0 Å². The van der Waals surface area contributed by atoms with E-state index in [1.807, 2.05) is 24.3 Å². The molecular weight excluding hydrogens is 306 g/mol. The van der Waals surface area contributed by atoms with Crippen LogP contribution in [0.4, 0.5) is 0 Å². The molecule has 2 aliphatic rings. The number of hydrogen-bond acceptors (Lipinski definition) is 4. The summed E-state index contributed by atoms with van der Waals surface area (Å²) in [6.45, 7) is 0.669. The molecule has 2 N–H and O–H groups in total. The molecule has 24 heavy (non-hydrogen) atoms. The highest BCUT2D eigenvalue weighted by atomic mass is 16.5. The molecule has 1 aromatic heterocycles. The molecule has 1 aromatic carbocycles. The molecule has 1 amide bonds. The van der Waals surface area contributed by atoms with E-state index in [4.69, 9.17) is 4.74 Å². The quantitative estimate of drug-likeness (QED) is 0.848. The first-order chi connectivity index (χ1) is 11.7. The molecule has 0 bridgehead atoms. The van der Waals surface area contributed by atoms with Gasteiger partial charge in [0.15, 0.2) is 0 Å². The number of aliphatic hydroxyl groups is 1.